The molecule has 0 aromatic heterocycles. The molecule has 0 saturated carbocycles. The Balaban J connectivity index is 1.55. The van der Waals surface area contributed by atoms with E-state index in [0.717, 1.165) is 30.9 Å². The molecule has 0 spiro atoms. The second-order valence-electron chi connectivity index (χ2n) is 6.34. The molecule has 1 aliphatic heterocycles. The number of benzene rings is 2. The summed E-state index contributed by atoms with van der Waals surface area (Å²) in [5.41, 5.74) is 0.336. The minimum absolute atomic E-state index is 0.0169. The Labute approximate surface area is 154 Å². The molecule has 0 atom stereocenters. The van der Waals surface area contributed by atoms with Gasteiger partial charge in [-0.2, -0.15) is 13.2 Å². The van der Waals surface area contributed by atoms with Crippen LogP contribution in [-0.2, 0) is 11.0 Å². The normalized spacial score (nSPS) is 14.3. The van der Waals surface area contributed by atoms with Crippen molar-refractivity contribution in [1.82, 2.24) is 0 Å². The van der Waals surface area contributed by atoms with Crippen molar-refractivity contribution in [2.75, 3.05) is 35.2 Å². The first-order valence-electron chi connectivity index (χ1n) is 8.58. The zero-order chi connectivity index (χ0) is 19.4. The molecule has 8 heteroatoms. The van der Waals surface area contributed by atoms with Crippen LogP contribution in [0.2, 0.25) is 0 Å². The van der Waals surface area contributed by atoms with Crippen molar-refractivity contribution in [2.45, 2.75) is 19.0 Å². The quantitative estimate of drug-likeness (QED) is 0.750. The maximum atomic E-state index is 13.3. The molecule has 0 unspecified atom stereocenters. The Kier molecular flexibility index (Phi) is 5.53. The number of hydrogen-bond acceptors (Lipinski definition) is 3. The minimum Gasteiger partial charge on any atom is -0.376 e. The van der Waals surface area contributed by atoms with Gasteiger partial charge >= 0.3 is 6.18 Å². The fraction of sp³-hybridized carbons (Fsp3) is 0.316. The van der Waals surface area contributed by atoms with Gasteiger partial charge in [0.05, 0.1) is 12.1 Å². The Hall–Kier alpha value is -2.77. The van der Waals surface area contributed by atoms with E-state index in [4.69, 9.17) is 0 Å². The van der Waals surface area contributed by atoms with Crippen LogP contribution in [0.5, 0.6) is 0 Å². The van der Waals surface area contributed by atoms with Crippen LogP contribution in [0.4, 0.5) is 34.6 Å². The Bertz CT molecular complexity index is 800. The van der Waals surface area contributed by atoms with Crippen molar-refractivity contribution in [3.05, 3.63) is 53.8 Å². The first kappa shape index (κ1) is 19.0. The Morgan fingerprint density at radius 2 is 1.63 bits per heavy atom. The van der Waals surface area contributed by atoms with Gasteiger partial charge in [0.25, 0.3) is 0 Å². The smallest absolute Gasteiger partial charge is 0.376 e. The van der Waals surface area contributed by atoms with Crippen molar-refractivity contribution in [1.29, 1.82) is 0 Å². The Morgan fingerprint density at radius 1 is 1.00 bits per heavy atom. The van der Waals surface area contributed by atoms with Gasteiger partial charge < -0.3 is 15.5 Å². The highest BCUT2D eigenvalue weighted by Crippen LogP contribution is 2.33. The average molecular weight is 381 g/mol. The number of carbonyl (C=O) groups is 1. The van der Waals surface area contributed by atoms with E-state index < -0.39 is 23.5 Å². The first-order chi connectivity index (χ1) is 12.8. The van der Waals surface area contributed by atoms with Crippen LogP contribution < -0.4 is 15.5 Å². The maximum Gasteiger partial charge on any atom is 0.419 e. The summed E-state index contributed by atoms with van der Waals surface area (Å²) in [6.45, 7) is 1.80. The van der Waals surface area contributed by atoms with Crippen LogP contribution in [0.3, 0.4) is 0 Å². The Morgan fingerprint density at radius 3 is 2.26 bits per heavy atom. The summed E-state index contributed by atoms with van der Waals surface area (Å²) in [5, 5.41) is 5.24. The monoisotopic (exact) mass is 381 g/mol. The summed E-state index contributed by atoms with van der Waals surface area (Å²) in [7, 11) is 0. The summed E-state index contributed by atoms with van der Waals surface area (Å²) >= 11 is 0. The molecule has 3 rings (SSSR count). The molecule has 27 heavy (non-hydrogen) atoms. The van der Waals surface area contributed by atoms with Crippen LogP contribution in [0.25, 0.3) is 0 Å². The molecule has 0 bridgehead atoms. The minimum atomic E-state index is -4.79. The molecule has 4 nitrogen and oxygen atoms in total. The lowest BCUT2D eigenvalue weighted by Crippen LogP contribution is -2.22. The lowest BCUT2D eigenvalue weighted by molar-refractivity contribution is -0.139. The van der Waals surface area contributed by atoms with E-state index in [0.29, 0.717) is 11.8 Å². The maximum absolute atomic E-state index is 13.3. The number of rotatable bonds is 5. The van der Waals surface area contributed by atoms with Gasteiger partial charge in [-0.15, -0.1) is 0 Å². The second kappa shape index (κ2) is 7.85. The second-order valence-corrected chi connectivity index (χ2v) is 6.34. The van der Waals surface area contributed by atoms with Crippen LogP contribution in [0.15, 0.2) is 42.5 Å². The standard InChI is InChI=1S/C19H19F4N3O/c20-17-8-5-14(11-16(17)19(21,22)23)24-12-18(27)25-13-3-6-15(7-4-13)26-9-1-2-10-26/h3-8,11,24H,1-2,9-10,12H2,(H,25,27). The number of carbonyl (C=O) groups excluding carboxylic acids is 1. The molecule has 1 fully saturated rings. The van der Waals surface area contributed by atoms with Gasteiger partial charge in [0.15, 0.2) is 0 Å². The van der Waals surface area contributed by atoms with Crippen molar-refractivity contribution >= 4 is 23.0 Å². The number of anilines is 3. The molecule has 2 N–H and O–H groups in total. The SMILES string of the molecule is O=C(CNc1ccc(F)c(C(F)(F)F)c1)Nc1ccc(N2CCCC2)cc1. The predicted octanol–water partition coefficient (Wildman–Crippen LogP) is 4.50. The van der Waals surface area contributed by atoms with Gasteiger partial charge in [0.2, 0.25) is 5.91 Å². The fourth-order valence-electron chi connectivity index (χ4n) is 2.97. The molecule has 2 aromatic rings. The van der Waals surface area contributed by atoms with Crippen molar-refractivity contribution in [3.8, 4) is 0 Å². The van der Waals surface area contributed by atoms with Crippen LogP contribution in [0, 0.1) is 5.82 Å². The highest BCUT2D eigenvalue weighted by atomic mass is 19.4. The van der Waals surface area contributed by atoms with Crippen LogP contribution in [-0.4, -0.2) is 25.5 Å². The number of nitrogens with zero attached hydrogens (tertiary/aromatic N) is 1. The third kappa shape index (κ3) is 4.90. The van der Waals surface area contributed by atoms with Gasteiger partial charge in [-0.3, -0.25) is 4.79 Å². The van der Waals surface area contributed by atoms with E-state index in [1.54, 1.807) is 12.1 Å². The molecule has 1 amide bonds. The third-order valence-corrected chi connectivity index (χ3v) is 4.35. The number of hydrogen-bond donors (Lipinski definition) is 2. The van der Waals surface area contributed by atoms with E-state index >= 15 is 0 Å². The zero-order valence-corrected chi connectivity index (χ0v) is 14.4. The number of nitrogens with one attached hydrogen (secondary N) is 2. The largest absolute Gasteiger partial charge is 0.419 e. The van der Waals surface area contributed by atoms with E-state index in [9.17, 15) is 22.4 Å². The van der Waals surface area contributed by atoms with Crippen molar-refractivity contribution in [3.63, 3.8) is 0 Å². The number of halogens is 4. The lowest BCUT2D eigenvalue weighted by Gasteiger charge is -2.18. The van der Waals surface area contributed by atoms with E-state index in [1.807, 2.05) is 12.1 Å². The topological polar surface area (TPSA) is 44.4 Å². The lowest BCUT2D eigenvalue weighted by atomic mass is 10.2. The predicted molar refractivity (Wildman–Crippen MR) is 96.4 cm³/mol. The first-order valence-corrected chi connectivity index (χ1v) is 8.58. The highest BCUT2D eigenvalue weighted by molar-refractivity contribution is 5.93. The molecule has 144 valence electrons. The van der Waals surface area contributed by atoms with Crippen molar-refractivity contribution in [2.24, 2.45) is 0 Å². The average Bonchev–Trinajstić information content (AvgIpc) is 3.15. The number of amides is 1. The summed E-state index contributed by atoms with van der Waals surface area (Å²) in [4.78, 5) is 14.3. The molecule has 0 aliphatic carbocycles. The molecule has 1 saturated heterocycles. The van der Waals surface area contributed by atoms with Gasteiger partial charge in [-0.25, -0.2) is 4.39 Å². The van der Waals surface area contributed by atoms with E-state index in [1.165, 1.54) is 12.8 Å². The molecular formula is C19H19F4N3O. The third-order valence-electron chi connectivity index (χ3n) is 4.35. The molecule has 1 aliphatic rings. The molecule has 0 radical (unpaired) electrons. The van der Waals surface area contributed by atoms with Gasteiger partial charge in [0, 0.05) is 30.2 Å². The summed E-state index contributed by atoms with van der Waals surface area (Å²) < 4.78 is 51.4. The van der Waals surface area contributed by atoms with Crippen molar-refractivity contribution < 1.29 is 22.4 Å². The van der Waals surface area contributed by atoms with E-state index in [2.05, 4.69) is 15.5 Å². The summed E-state index contributed by atoms with van der Waals surface area (Å²) in [6.07, 6.45) is -2.45. The molecule has 1 heterocycles. The van der Waals surface area contributed by atoms with Gasteiger partial charge in [-0.05, 0) is 55.3 Å². The van der Waals surface area contributed by atoms with Crippen LogP contribution in [0.1, 0.15) is 18.4 Å². The fourth-order valence-corrected chi connectivity index (χ4v) is 2.97. The molecular weight excluding hydrogens is 362 g/mol. The van der Waals surface area contributed by atoms with Gasteiger partial charge in [0.1, 0.15) is 5.82 Å². The molecule has 2 aromatic carbocycles. The number of alkyl halides is 3. The summed E-state index contributed by atoms with van der Waals surface area (Å²) in [5.74, 6) is -1.77. The highest BCUT2D eigenvalue weighted by Gasteiger charge is 2.34. The zero-order valence-electron chi connectivity index (χ0n) is 14.4. The van der Waals surface area contributed by atoms with Gasteiger partial charge in [-0.1, -0.05) is 0 Å². The van der Waals surface area contributed by atoms with E-state index in [-0.39, 0.29) is 12.2 Å². The summed E-state index contributed by atoms with van der Waals surface area (Å²) in [6, 6.07) is 9.93. The van der Waals surface area contributed by atoms with Crippen LogP contribution >= 0.6 is 0 Å².